The predicted molar refractivity (Wildman–Crippen MR) is 129 cm³/mol. The quantitative estimate of drug-likeness (QED) is 0.474. The summed E-state index contributed by atoms with van der Waals surface area (Å²) in [6.45, 7) is 3.22. The van der Waals surface area contributed by atoms with E-state index in [1.54, 1.807) is 12.1 Å². The number of ether oxygens (including phenoxy) is 1. The van der Waals surface area contributed by atoms with Crippen LogP contribution in [0.4, 0.5) is 5.69 Å². The molecule has 1 atom stereocenters. The van der Waals surface area contributed by atoms with Crippen LogP contribution in [-0.4, -0.2) is 51.0 Å². The number of anilines is 1. The number of thioether (sulfide) groups is 1. The number of benzene rings is 2. The van der Waals surface area contributed by atoms with Gasteiger partial charge >= 0.3 is 5.97 Å². The number of carbonyl (C=O) groups is 2. The number of nitrogens with zero attached hydrogens (tertiary/aromatic N) is 1. The molecule has 2 rings (SSSR count). The van der Waals surface area contributed by atoms with Crippen LogP contribution in [0.15, 0.2) is 59.5 Å². The molecule has 7 nitrogen and oxygen atoms in total. The molecule has 0 aliphatic rings. The highest BCUT2D eigenvalue weighted by Gasteiger charge is 2.28. The van der Waals surface area contributed by atoms with E-state index in [9.17, 15) is 18.0 Å². The van der Waals surface area contributed by atoms with E-state index in [2.05, 4.69) is 4.72 Å². The molecule has 0 heterocycles. The third-order valence-corrected chi connectivity index (χ3v) is 6.86. The van der Waals surface area contributed by atoms with Gasteiger partial charge in [-0.1, -0.05) is 29.8 Å². The first-order valence-electron chi connectivity index (χ1n) is 9.96. The summed E-state index contributed by atoms with van der Waals surface area (Å²) in [6, 6.07) is 13.4. The van der Waals surface area contributed by atoms with Crippen LogP contribution in [0.2, 0.25) is 5.02 Å². The van der Waals surface area contributed by atoms with Gasteiger partial charge in [0.25, 0.3) is 5.91 Å². The first kappa shape index (κ1) is 26.2. The van der Waals surface area contributed by atoms with E-state index in [4.69, 9.17) is 16.3 Å². The molecule has 0 fully saturated rings. The zero-order chi connectivity index (χ0) is 23.7. The van der Waals surface area contributed by atoms with E-state index in [-0.39, 0.29) is 17.4 Å². The minimum atomic E-state index is -3.98. The number of halogens is 1. The molecule has 0 radical (unpaired) electrons. The Bertz CT molecular complexity index is 999. The molecule has 10 heteroatoms. The van der Waals surface area contributed by atoms with Crippen LogP contribution in [0.3, 0.4) is 0 Å². The van der Waals surface area contributed by atoms with Crippen molar-refractivity contribution < 1.29 is 22.7 Å². The van der Waals surface area contributed by atoms with Gasteiger partial charge in [0.2, 0.25) is 10.0 Å². The van der Waals surface area contributed by atoms with E-state index in [1.807, 2.05) is 38.3 Å². The monoisotopic (exact) mass is 498 g/mol. The number of sulfonamides is 1. The van der Waals surface area contributed by atoms with E-state index in [0.29, 0.717) is 16.5 Å². The predicted octanol–water partition coefficient (Wildman–Crippen LogP) is 3.72. The van der Waals surface area contributed by atoms with Gasteiger partial charge in [0.15, 0.2) is 6.61 Å². The van der Waals surface area contributed by atoms with Crippen LogP contribution in [-0.2, 0) is 24.3 Å². The number of amides is 1. The standard InChI is InChI=1S/C22H27ClN2O5S2/c1-16(2)25(18-7-5-4-6-8-18)21(26)15-30-22(27)20(13-14-31-3)24-32(28,29)19-11-9-17(23)10-12-19/h4-12,16,20,24H,13-15H2,1-3H3. The fraction of sp³-hybridized carbons (Fsp3) is 0.364. The van der Waals surface area contributed by atoms with Gasteiger partial charge in [-0.15, -0.1) is 0 Å². The van der Waals surface area contributed by atoms with Gasteiger partial charge < -0.3 is 9.64 Å². The highest BCUT2D eigenvalue weighted by molar-refractivity contribution is 7.98. The van der Waals surface area contributed by atoms with Crippen molar-refractivity contribution in [2.75, 3.05) is 23.5 Å². The Balaban J connectivity index is 2.10. The number of rotatable bonds is 11. The lowest BCUT2D eigenvalue weighted by molar-refractivity contribution is -0.149. The fourth-order valence-electron chi connectivity index (χ4n) is 2.95. The molecule has 174 valence electrons. The Morgan fingerprint density at radius 3 is 2.28 bits per heavy atom. The minimum Gasteiger partial charge on any atom is -0.454 e. The maximum atomic E-state index is 12.8. The lowest BCUT2D eigenvalue weighted by atomic mass is 10.2. The van der Waals surface area contributed by atoms with E-state index < -0.39 is 34.5 Å². The van der Waals surface area contributed by atoms with E-state index >= 15 is 0 Å². The normalized spacial score (nSPS) is 12.4. The molecule has 0 aromatic heterocycles. The van der Waals surface area contributed by atoms with Gasteiger partial charge in [0.1, 0.15) is 6.04 Å². The summed E-state index contributed by atoms with van der Waals surface area (Å²) >= 11 is 7.29. The van der Waals surface area contributed by atoms with Crippen molar-refractivity contribution in [3.63, 3.8) is 0 Å². The van der Waals surface area contributed by atoms with Crippen LogP contribution in [0.25, 0.3) is 0 Å². The van der Waals surface area contributed by atoms with Crippen molar-refractivity contribution >= 4 is 50.9 Å². The van der Waals surface area contributed by atoms with Crippen molar-refractivity contribution in [3.05, 3.63) is 59.6 Å². The van der Waals surface area contributed by atoms with Gasteiger partial charge in [-0.3, -0.25) is 9.59 Å². The molecular weight excluding hydrogens is 472 g/mol. The van der Waals surface area contributed by atoms with Crippen LogP contribution in [0.1, 0.15) is 20.3 Å². The molecule has 1 amide bonds. The average molecular weight is 499 g/mol. The van der Waals surface area contributed by atoms with E-state index in [0.717, 1.165) is 0 Å². The Hall–Kier alpha value is -2.07. The molecule has 0 saturated carbocycles. The Labute approximate surface area is 198 Å². The van der Waals surface area contributed by atoms with Crippen molar-refractivity contribution in [3.8, 4) is 0 Å². The van der Waals surface area contributed by atoms with Gasteiger partial charge in [-0.2, -0.15) is 16.5 Å². The zero-order valence-electron chi connectivity index (χ0n) is 18.2. The lowest BCUT2D eigenvalue weighted by Gasteiger charge is -2.27. The summed E-state index contributed by atoms with van der Waals surface area (Å²) in [5.74, 6) is -0.677. The number of para-hydroxylation sites is 1. The van der Waals surface area contributed by atoms with Crippen LogP contribution < -0.4 is 9.62 Å². The molecule has 32 heavy (non-hydrogen) atoms. The lowest BCUT2D eigenvalue weighted by Crippen LogP contribution is -2.44. The summed E-state index contributed by atoms with van der Waals surface area (Å²) < 4.78 is 33.0. The molecule has 2 aromatic carbocycles. The largest absolute Gasteiger partial charge is 0.454 e. The van der Waals surface area contributed by atoms with Gasteiger partial charge in [-0.05, 0) is 68.7 Å². The van der Waals surface area contributed by atoms with Crippen molar-refractivity contribution in [1.82, 2.24) is 4.72 Å². The molecule has 1 N–H and O–H groups in total. The number of hydrogen-bond acceptors (Lipinski definition) is 6. The highest BCUT2D eigenvalue weighted by atomic mass is 35.5. The maximum absolute atomic E-state index is 12.8. The molecule has 0 spiro atoms. The summed E-state index contributed by atoms with van der Waals surface area (Å²) in [5, 5.41) is 0.397. The van der Waals surface area contributed by atoms with Crippen LogP contribution in [0, 0.1) is 0 Å². The highest BCUT2D eigenvalue weighted by Crippen LogP contribution is 2.18. The number of carbonyl (C=O) groups excluding carboxylic acids is 2. The number of nitrogens with one attached hydrogen (secondary N) is 1. The molecule has 1 unspecified atom stereocenters. The van der Waals surface area contributed by atoms with Gasteiger partial charge in [0, 0.05) is 16.8 Å². The van der Waals surface area contributed by atoms with Crippen molar-refractivity contribution in [1.29, 1.82) is 0 Å². The first-order valence-corrected chi connectivity index (χ1v) is 13.2. The zero-order valence-corrected chi connectivity index (χ0v) is 20.5. The second-order valence-corrected chi connectivity index (χ2v) is 10.3. The Kier molecular flexibility index (Phi) is 10.0. The third kappa shape index (κ3) is 7.51. The molecule has 0 saturated heterocycles. The second-order valence-electron chi connectivity index (χ2n) is 7.21. The molecule has 2 aromatic rings. The van der Waals surface area contributed by atoms with Gasteiger partial charge in [0.05, 0.1) is 4.90 Å². The maximum Gasteiger partial charge on any atom is 0.324 e. The van der Waals surface area contributed by atoms with E-state index in [1.165, 1.54) is 40.9 Å². The topological polar surface area (TPSA) is 92.8 Å². The molecule has 0 aliphatic heterocycles. The van der Waals surface area contributed by atoms with Crippen molar-refractivity contribution in [2.24, 2.45) is 0 Å². The first-order chi connectivity index (χ1) is 15.2. The second kappa shape index (κ2) is 12.2. The summed E-state index contributed by atoms with van der Waals surface area (Å²) in [5.41, 5.74) is 0.686. The SMILES string of the molecule is CSCCC(NS(=O)(=O)c1ccc(Cl)cc1)C(=O)OCC(=O)N(c1ccccc1)C(C)C. The van der Waals surface area contributed by atoms with Gasteiger partial charge in [-0.25, -0.2) is 8.42 Å². The van der Waals surface area contributed by atoms with Crippen LogP contribution >= 0.6 is 23.4 Å². The number of esters is 1. The molecule has 0 bridgehead atoms. The van der Waals surface area contributed by atoms with Crippen LogP contribution in [0.5, 0.6) is 0 Å². The smallest absolute Gasteiger partial charge is 0.324 e. The Morgan fingerprint density at radius 2 is 1.72 bits per heavy atom. The fourth-order valence-corrected chi connectivity index (χ4v) is 4.77. The minimum absolute atomic E-state index is 0.0185. The summed E-state index contributed by atoms with van der Waals surface area (Å²) in [6.07, 6.45) is 2.06. The third-order valence-electron chi connectivity index (χ3n) is 4.47. The summed E-state index contributed by atoms with van der Waals surface area (Å²) in [7, 11) is -3.98. The number of hydrogen-bond donors (Lipinski definition) is 1. The summed E-state index contributed by atoms with van der Waals surface area (Å²) in [4.78, 5) is 27.0. The molecular formula is C22H27ClN2O5S2. The average Bonchev–Trinajstić information content (AvgIpc) is 2.75. The Morgan fingerprint density at radius 1 is 1.09 bits per heavy atom. The molecule has 0 aliphatic carbocycles. The van der Waals surface area contributed by atoms with Crippen molar-refractivity contribution in [2.45, 2.75) is 37.2 Å².